The Kier molecular flexibility index (Phi) is 7.88. The zero-order chi connectivity index (χ0) is 17.7. The first-order chi connectivity index (χ1) is 11.3. The Morgan fingerprint density at radius 3 is 2.56 bits per heavy atom. The maximum absolute atomic E-state index is 12.8. The zero-order valence-corrected chi connectivity index (χ0v) is 14.4. The second-order valence-corrected chi connectivity index (χ2v) is 5.63. The number of aromatic nitrogens is 1. The number of halogens is 5. The van der Waals surface area contributed by atoms with Crippen molar-refractivity contribution >= 4 is 18.3 Å². The number of piperidine rings is 1. The number of nitrogens with one attached hydrogen (secondary N) is 1. The predicted octanol–water partition coefficient (Wildman–Crippen LogP) is 2.61. The number of alkyl halides is 4. The summed E-state index contributed by atoms with van der Waals surface area (Å²) in [6.07, 6.45) is -0.925. The number of pyridine rings is 1. The average Bonchev–Trinajstić information content (AvgIpc) is 2.60. The lowest BCUT2D eigenvalue weighted by Gasteiger charge is -2.31. The molecule has 1 saturated heterocycles. The first kappa shape index (κ1) is 21.4. The summed E-state index contributed by atoms with van der Waals surface area (Å²) in [5.74, 6) is -4.72. The third kappa shape index (κ3) is 5.71. The van der Waals surface area contributed by atoms with Crippen LogP contribution in [0.15, 0.2) is 18.3 Å². The van der Waals surface area contributed by atoms with Gasteiger partial charge in [0.15, 0.2) is 6.61 Å². The largest absolute Gasteiger partial charge is 0.471 e. The summed E-state index contributed by atoms with van der Waals surface area (Å²) in [4.78, 5) is 17.7. The van der Waals surface area contributed by atoms with Crippen LogP contribution in [0, 0.1) is 0 Å². The minimum atomic E-state index is -4.24. The van der Waals surface area contributed by atoms with E-state index in [-0.39, 0.29) is 35.8 Å². The minimum Gasteiger partial charge on any atom is -0.471 e. The first-order valence-electron chi connectivity index (χ1n) is 7.54. The van der Waals surface area contributed by atoms with Crippen molar-refractivity contribution in [2.24, 2.45) is 0 Å². The quantitative estimate of drug-likeness (QED) is 0.765. The summed E-state index contributed by atoms with van der Waals surface area (Å²) in [5, 5.41) is 3.21. The van der Waals surface area contributed by atoms with Crippen molar-refractivity contribution in [3.05, 3.63) is 23.9 Å². The molecular weight excluding hydrogens is 366 g/mol. The second-order valence-electron chi connectivity index (χ2n) is 5.63. The minimum absolute atomic E-state index is 0. The van der Waals surface area contributed by atoms with Gasteiger partial charge in [0.05, 0.1) is 5.56 Å². The summed E-state index contributed by atoms with van der Waals surface area (Å²) < 4.78 is 54.2. The highest BCUT2D eigenvalue weighted by molar-refractivity contribution is 5.94. The predicted molar refractivity (Wildman–Crippen MR) is 85.9 cm³/mol. The SMILES string of the molecule is CN(C(=O)c1ccc(OCC(F)(F)C(F)F)nc1)C1CCNCC1.Cl. The molecule has 0 atom stereocenters. The Balaban J connectivity index is 0.00000312. The van der Waals surface area contributed by atoms with E-state index >= 15 is 0 Å². The van der Waals surface area contributed by atoms with Crippen molar-refractivity contribution in [1.29, 1.82) is 0 Å². The smallest absolute Gasteiger partial charge is 0.340 e. The van der Waals surface area contributed by atoms with Gasteiger partial charge in [-0.25, -0.2) is 13.8 Å². The van der Waals surface area contributed by atoms with Crippen molar-refractivity contribution in [2.75, 3.05) is 26.7 Å². The summed E-state index contributed by atoms with van der Waals surface area (Å²) in [7, 11) is 1.70. The monoisotopic (exact) mass is 385 g/mol. The molecule has 10 heteroatoms. The van der Waals surface area contributed by atoms with Gasteiger partial charge in [0.2, 0.25) is 5.88 Å². The maximum Gasteiger partial charge on any atom is 0.340 e. The lowest BCUT2D eigenvalue weighted by atomic mass is 10.0. The van der Waals surface area contributed by atoms with Crippen LogP contribution in [0.4, 0.5) is 17.6 Å². The van der Waals surface area contributed by atoms with Crippen molar-refractivity contribution in [2.45, 2.75) is 31.2 Å². The highest BCUT2D eigenvalue weighted by atomic mass is 35.5. The maximum atomic E-state index is 12.8. The average molecular weight is 386 g/mol. The third-order valence-electron chi connectivity index (χ3n) is 3.89. The number of carbonyl (C=O) groups excluding carboxylic acids is 1. The highest BCUT2D eigenvalue weighted by Crippen LogP contribution is 2.24. The molecule has 0 saturated carbocycles. The standard InChI is InChI=1S/C15H19F4N3O2.ClH/c1-22(11-4-6-20-7-5-11)13(23)10-2-3-12(21-8-10)24-9-15(18,19)14(16)17;/h2-3,8,11,14,20H,4-7,9H2,1H3;1H. The van der Waals surface area contributed by atoms with Gasteiger partial charge in [0.1, 0.15) is 0 Å². The normalized spacial score (nSPS) is 15.6. The van der Waals surface area contributed by atoms with Gasteiger partial charge in [0.25, 0.3) is 5.91 Å². The topological polar surface area (TPSA) is 54.5 Å². The molecule has 1 aliphatic rings. The summed E-state index contributed by atoms with van der Waals surface area (Å²) in [6.45, 7) is 0.206. The Labute approximate surface area is 149 Å². The third-order valence-corrected chi connectivity index (χ3v) is 3.89. The van der Waals surface area contributed by atoms with Crippen LogP contribution in [0.2, 0.25) is 0 Å². The summed E-state index contributed by atoms with van der Waals surface area (Å²) in [5.41, 5.74) is 0.281. The van der Waals surface area contributed by atoms with E-state index in [0.717, 1.165) is 25.9 Å². The molecule has 0 aliphatic carbocycles. The van der Waals surface area contributed by atoms with E-state index in [0.29, 0.717) is 0 Å². The molecule has 0 unspecified atom stereocenters. The van der Waals surface area contributed by atoms with Crippen LogP contribution in [0.5, 0.6) is 5.88 Å². The molecule has 1 aliphatic heterocycles. The van der Waals surface area contributed by atoms with E-state index in [2.05, 4.69) is 15.0 Å². The van der Waals surface area contributed by atoms with Gasteiger partial charge in [0, 0.05) is 25.4 Å². The van der Waals surface area contributed by atoms with E-state index in [9.17, 15) is 22.4 Å². The van der Waals surface area contributed by atoms with Gasteiger partial charge < -0.3 is 15.0 Å². The van der Waals surface area contributed by atoms with E-state index < -0.39 is 19.0 Å². The summed E-state index contributed by atoms with van der Waals surface area (Å²) >= 11 is 0. The molecule has 0 radical (unpaired) electrons. The Hall–Kier alpha value is -1.61. The van der Waals surface area contributed by atoms with Crippen molar-refractivity contribution in [1.82, 2.24) is 15.2 Å². The molecule has 0 spiro atoms. The number of ether oxygens (including phenoxy) is 1. The Morgan fingerprint density at radius 2 is 2.04 bits per heavy atom. The molecule has 0 bridgehead atoms. The number of hydrogen-bond acceptors (Lipinski definition) is 4. The Morgan fingerprint density at radius 1 is 1.40 bits per heavy atom. The number of amides is 1. The Bertz CT molecular complexity index is 554. The molecule has 1 aromatic heterocycles. The van der Waals surface area contributed by atoms with Gasteiger partial charge in [-0.05, 0) is 32.0 Å². The van der Waals surface area contributed by atoms with Crippen molar-refractivity contribution in [3.63, 3.8) is 0 Å². The van der Waals surface area contributed by atoms with Gasteiger partial charge in [-0.1, -0.05) is 0 Å². The van der Waals surface area contributed by atoms with Crippen LogP contribution < -0.4 is 10.1 Å². The van der Waals surface area contributed by atoms with Gasteiger partial charge >= 0.3 is 12.3 Å². The number of hydrogen-bond donors (Lipinski definition) is 1. The molecule has 1 amide bonds. The molecule has 5 nitrogen and oxygen atoms in total. The molecule has 2 heterocycles. The number of carbonyl (C=O) groups is 1. The fourth-order valence-electron chi connectivity index (χ4n) is 2.39. The van der Waals surface area contributed by atoms with Gasteiger partial charge in [-0.3, -0.25) is 4.79 Å². The van der Waals surface area contributed by atoms with Crippen molar-refractivity contribution < 1.29 is 27.1 Å². The van der Waals surface area contributed by atoms with Crippen LogP contribution in [0.1, 0.15) is 23.2 Å². The fourth-order valence-corrected chi connectivity index (χ4v) is 2.39. The molecule has 1 fully saturated rings. The lowest BCUT2D eigenvalue weighted by molar-refractivity contribution is -0.148. The molecule has 2 rings (SSSR count). The van der Waals surface area contributed by atoms with E-state index in [4.69, 9.17) is 0 Å². The van der Waals surface area contributed by atoms with Crippen LogP contribution in [0.25, 0.3) is 0 Å². The lowest BCUT2D eigenvalue weighted by Crippen LogP contribution is -2.44. The fraction of sp³-hybridized carbons (Fsp3) is 0.600. The van der Waals surface area contributed by atoms with Crippen molar-refractivity contribution in [3.8, 4) is 5.88 Å². The van der Waals surface area contributed by atoms with E-state index in [1.54, 1.807) is 11.9 Å². The highest BCUT2D eigenvalue weighted by Gasteiger charge is 2.41. The molecular formula is C15H20ClF4N3O2. The number of nitrogens with zero attached hydrogens (tertiary/aromatic N) is 2. The molecule has 0 aromatic carbocycles. The zero-order valence-electron chi connectivity index (χ0n) is 13.6. The van der Waals surface area contributed by atoms with E-state index in [1.165, 1.54) is 18.3 Å². The molecule has 1 N–H and O–H groups in total. The van der Waals surface area contributed by atoms with Crippen LogP contribution >= 0.6 is 12.4 Å². The second kappa shape index (κ2) is 9.19. The molecule has 142 valence electrons. The van der Waals surface area contributed by atoms with Gasteiger partial charge in [-0.2, -0.15) is 8.78 Å². The van der Waals surface area contributed by atoms with E-state index in [1.807, 2.05) is 0 Å². The van der Waals surface area contributed by atoms with Crippen LogP contribution in [-0.2, 0) is 0 Å². The van der Waals surface area contributed by atoms with Crippen LogP contribution in [0.3, 0.4) is 0 Å². The molecule has 1 aromatic rings. The molecule has 25 heavy (non-hydrogen) atoms. The number of rotatable bonds is 6. The van der Waals surface area contributed by atoms with Gasteiger partial charge in [-0.15, -0.1) is 12.4 Å². The van der Waals surface area contributed by atoms with Crippen LogP contribution in [-0.4, -0.2) is 60.9 Å². The first-order valence-corrected chi connectivity index (χ1v) is 7.54. The summed E-state index contributed by atoms with van der Waals surface area (Å²) in [6, 6.07) is 2.72.